The van der Waals surface area contributed by atoms with Crippen molar-refractivity contribution in [2.75, 3.05) is 44.2 Å². The quantitative estimate of drug-likeness (QED) is 0.891. The Morgan fingerprint density at radius 2 is 1.93 bits per heavy atom. The first kappa shape index (κ1) is 18.9. The molecule has 1 aromatic heterocycles. The lowest BCUT2D eigenvalue weighted by Gasteiger charge is -2.25. The topological polar surface area (TPSA) is 48.5 Å². The lowest BCUT2D eigenvalue weighted by Crippen LogP contribution is -2.35. The van der Waals surface area contributed by atoms with Gasteiger partial charge in [-0.1, -0.05) is 12.1 Å². The number of amides is 1. The summed E-state index contributed by atoms with van der Waals surface area (Å²) in [6.45, 7) is 7.59. The predicted molar refractivity (Wildman–Crippen MR) is 113 cm³/mol. The van der Waals surface area contributed by atoms with Crippen LogP contribution in [0.25, 0.3) is 0 Å². The van der Waals surface area contributed by atoms with Crippen LogP contribution in [0.4, 0.5) is 5.69 Å². The summed E-state index contributed by atoms with van der Waals surface area (Å²) < 4.78 is 0. The van der Waals surface area contributed by atoms with Crippen LogP contribution in [0.15, 0.2) is 42.6 Å². The third kappa shape index (κ3) is 4.36. The molecule has 1 amide bonds. The Hall–Kier alpha value is -2.40. The molecule has 4 rings (SSSR count). The summed E-state index contributed by atoms with van der Waals surface area (Å²) in [5.74, 6) is 0.731. The standard InChI is InChI=1S/C23H30N4O/c1-18-16-22(9-11-25-18)26-12-3-13-27(15-14-26)23(28)20-7-5-19(6-8-20)21-4-2-10-24-17-21/h5-9,11,16,21,24H,2-4,10,12-15,17H2,1H3/t21-/m1/s1. The first-order valence-electron chi connectivity index (χ1n) is 10.5. The van der Waals surface area contributed by atoms with Gasteiger partial charge in [0.05, 0.1) is 0 Å². The number of carbonyl (C=O) groups excluding carboxylic acids is 1. The van der Waals surface area contributed by atoms with Gasteiger partial charge in [-0.3, -0.25) is 9.78 Å². The Balaban J connectivity index is 1.39. The van der Waals surface area contributed by atoms with E-state index >= 15 is 0 Å². The summed E-state index contributed by atoms with van der Waals surface area (Å²) in [5, 5.41) is 3.47. The first-order valence-corrected chi connectivity index (χ1v) is 10.5. The molecule has 0 saturated carbocycles. The summed E-state index contributed by atoms with van der Waals surface area (Å²) in [7, 11) is 0. The molecule has 0 unspecified atom stereocenters. The van der Waals surface area contributed by atoms with Crippen LogP contribution in [0, 0.1) is 6.92 Å². The molecule has 1 atom stereocenters. The third-order valence-electron chi connectivity index (χ3n) is 5.95. The molecular weight excluding hydrogens is 348 g/mol. The van der Waals surface area contributed by atoms with Crippen LogP contribution in [0.1, 0.15) is 46.8 Å². The van der Waals surface area contributed by atoms with Gasteiger partial charge in [-0.2, -0.15) is 0 Å². The number of nitrogens with zero attached hydrogens (tertiary/aromatic N) is 3. The molecule has 0 aliphatic carbocycles. The Bertz CT molecular complexity index is 799. The third-order valence-corrected chi connectivity index (χ3v) is 5.95. The van der Waals surface area contributed by atoms with Crippen LogP contribution >= 0.6 is 0 Å². The summed E-state index contributed by atoms with van der Waals surface area (Å²) >= 11 is 0. The van der Waals surface area contributed by atoms with E-state index in [0.717, 1.165) is 56.9 Å². The Morgan fingerprint density at radius 3 is 2.68 bits per heavy atom. The number of hydrogen-bond donors (Lipinski definition) is 1. The molecule has 2 aliphatic rings. The van der Waals surface area contributed by atoms with E-state index in [9.17, 15) is 4.79 Å². The van der Waals surface area contributed by atoms with Crippen molar-refractivity contribution in [1.82, 2.24) is 15.2 Å². The summed E-state index contributed by atoms with van der Waals surface area (Å²) in [5.41, 5.74) is 4.38. The Labute approximate surface area is 167 Å². The smallest absolute Gasteiger partial charge is 0.253 e. The van der Waals surface area contributed by atoms with Crippen molar-refractivity contribution >= 4 is 11.6 Å². The Kier molecular flexibility index (Phi) is 5.91. The van der Waals surface area contributed by atoms with Crippen molar-refractivity contribution in [1.29, 1.82) is 0 Å². The first-order chi connectivity index (χ1) is 13.7. The van der Waals surface area contributed by atoms with Crippen LogP contribution < -0.4 is 10.2 Å². The molecule has 3 heterocycles. The van der Waals surface area contributed by atoms with Gasteiger partial charge in [0.2, 0.25) is 0 Å². The van der Waals surface area contributed by atoms with Crippen molar-refractivity contribution in [3.63, 3.8) is 0 Å². The second kappa shape index (κ2) is 8.74. The maximum Gasteiger partial charge on any atom is 0.253 e. The lowest BCUT2D eigenvalue weighted by molar-refractivity contribution is 0.0767. The number of carbonyl (C=O) groups is 1. The number of pyridine rings is 1. The molecule has 148 valence electrons. The number of anilines is 1. The van der Waals surface area contributed by atoms with E-state index in [0.29, 0.717) is 5.92 Å². The summed E-state index contributed by atoms with van der Waals surface area (Å²) in [6.07, 6.45) is 5.31. The predicted octanol–water partition coefficient (Wildman–Crippen LogP) is 3.21. The maximum atomic E-state index is 13.0. The molecule has 0 spiro atoms. The van der Waals surface area contributed by atoms with E-state index in [1.54, 1.807) is 0 Å². The second-order valence-electron chi connectivity index (χ2n) is 7.95. The molecular formula is C23H30N4O. The molecule has 0 radical (unpaired) electrons. The molecule has 1 aromatic carbocycles. The monoisotopic (exact) mass is 378 g/mol. The number of aryl methyl sites for hydroxylation is 1. The van der Waals surface area contributed by atoms with E-state index in [2.05, 4.69) is 39.5 Å². The zero-order chi connectivity index (χ0) is 19.3. The highest BCUT2D eigenvalue weighted by Crippen LogP contribution is 2.24. The van der Waals surface area contributed by atoms with Crippen molar-refractivity contribution < 1.29 is 4.79 Å². The van der Waals surface area contributed by atoms with Gasteiger partial charge < -0.3 is 15.1 Å². The molecule has 2 aromatic rings. The summed E-state index contributed by atoms with van der Waals surface area (Å²) in [6, 6.07) is 12.5. The molecule has 5 nitrogen and oxygen atoms in total. The molecule has 28 heavy (non-hydrogen) atoms. The van der Waals surface area contributed by atoms with Crippen molar-refractivity contribution in [2.45, 2.75) is 32.1 Å². The largest absolute Gasteiger partial charge is 0.370 e. The zero-order valence-electron chi connectivity index (χ0n) is 16.7. The normalized spacial score (nSPS) is 20.7. The number of aromatic nitrogens is 1. The lowest BCUT2D eigenvalue weighted by atomic mass is 9.91. The van der Waals surface area contributed by atoms with E-state index in [-0.39, 0.29) is 5.91 Å². The van der Waals surface area contributed by atoms with Gasteiger partial charge >= 0.3 is 0 Å². The molecule has 1 N–H and O–H groups in total. The van der Waals surface area contributed by atoms with Gasteiger partial charge in [0.1, 0.15) is 0 Å². The minimum absolute atomic E-state index is 0.154. The maximum absolute atomic E-state index is 13.0. The highest BCUT2D eigenvalue weighted by molar-refractivity contribution is 5.94. The van der Waals surface area contributed by atoms with Crippen LogP contribution in [0.2, 0.25) is 0 Å². The highest BCUT2D eigenvalue weighted by Gasteiger charge is 2.21. The molecule has 0 bridgehead atoms. The van der Waals surface area contributed by atoms with Crippen molar-refractivity contribution in [2.24, 2.45) is 0 Å². The van der Waals surface area contributed by atoms with Crippen LogP contribution in [-0.2, 0) is 0 Å². The fourth-order valence-corrected chi connectivity index (χ4v) is 4.32. The van der Waals surface area contributed by atoms with Crippen molar-refractivity contribution in [3.8, 4) is 0 Å². The van der Waals surface area contributed by atoms with Gasteiger partial charge in [0.25, 0.3) is 5.91 Å². The number of piperidine rings is 1. The molecule has 2 saturated heterocycles. The highest BCUT2D eigenvalue weighted by atomic mass is 16.2. The van der Waals surface area contributed by atoms with Gasteiger partial charge in [-0.15, -0.1) is 0 Å². The minimum Gasteiger partial charge on any atom is -0.370 e. The van der Waals surface area contributed by atoms with Gasteiger partial charge in [0, 0.05) is 55.9 Å². The van der Waals surface area contributed by atoms with Crippen LogP contribution in [0.5, 0.6) is 0 Å². The average Bonchev–Trinajstić information content (AvgIpc) is 3.00. The van der Waals surface area contributed by atoms with Gasteiger partial charge in [-0.05, 0) is 68.5 Å². The van der Waals surface area contributed by atoms with E-state index in [1.165, 1.54) is 24.1 Å². The van der Waals surface area contributed by atoms with Crippen LogP contribution in [0.3, 0.4) is 0 Å². The molecule has 2 fully saturated rings. The van der Waals surface area contributed by atoms with E-state index < -0.39 is 0 Å². The number of benzene rings is 1. The fourth-order valence-electron chi connectivity index (χ4n) is 4.32. The van der Waals surface area contributed by atoms with Gasteiger partial charge in [0.15, 0.2) is 0 Å². The average molecular weight is 379 g/mol. The summed E-state index contributed by atoms with van der Waals surface area (Å²) in [4.78, 5) is 21.7. The molecule has 5 heteroatoms. The van der Waals surface area contributed by atoms with Crippen molar-refractivity contribution in [3.05, 3.63) is 59.4 Å². The minimum atomic E-state index is 0.154. The van der Waals surface area contributed by atoms with Gasteiger partial charge in [-0.25, -0.2) is 0 Å². The van der Waals surface area contributed by atoms with Crippen LogP contribution in [-0.4, -0.2) is 55.1 Å². The Morgan fingerprint density at radius 1 is 1.07 bits per heavy atom. The number of rotatable bonds is 3. The SMILES string of the molecule is Cc1cc(N2CCCN(C(=O)c3ccc([C@@H]4CCCNC4)cc3)CC2)ccn1. The second-order valence-corrected chi connectivity index (χ2v) is 7.95. The zero-order valence-corrected chi connectivity index (χ0v) is 16.7. The molecule has 2 aliphatic heterocycles. The number of hydrogen-bond acceptors (Lipinski definition) is 4. The number of nitrogens with one attached hydrogen (secondary N) is 1. The fraction of sp³-hybridized carbons (Fsp3) is 0.478. The van der Waals surface area contributed by atoms with E-state index in [1.807, 2.05) is 30.2 Å². The van der Waals surface area contributed by atoms with E-state index in [4.69, 9.17) is 0 Å².